The van der Waals surface area contributed by atoms with Gasteiger partial charge in [-0.15, -0.1) is 11.3 Å². The summed E-state index contributed by atoms with van der Waals surface area (Å²) in [5.41, 5.74) is 0. The van der Waals surface area contributed by atoms with E-state index in [1.165, 1.54) is 11.3 Å². The summed E-state index contributed by atoms with van der Waals surface area (Å²) < 4.78 is 5.78. The number of rotatable bonds is 3. The molecule has 3 rings (SSSR count). The standard InChI is InChI=1S/C15H24N4O2S/c1-11-8-18(9-12(2)21-11)10-13-4-3-6-19(13)15(20)17-14-16-5-7-22-14/h5,7,11-13H,3-4,6,8-10H2,1-2H3,(H,16,17,20)/t11-,12+,13-/m0/s1. The van der Waals surface area contributed by atoms with Gasteiger partial charge in [-0.3, -0.25) is 10.2 Å². The Bertz CT molecular complexity index is 486. The Kier molecular flexibility index (Phi) is 4.95. The molecule has 6 nitrogen and oxygen atoms in total. The lowest BCUT2D eigenvalue weighted by Crippen LogP contribution is -2.51. The third-order valence-corrected chi connectivity index (χ3v) is 4.94. The van der Waals surface area contributed by atoms with Crippen molar-refractivity contribution in [2.45, 2.75) is 44.9 Å². The van der Waals surface area contributed by atoms with E-state index < -0.39 is 0 Å². The van der Waals surface area contributed by atoms with E-state index in [0.29, 0.717) is 5.13 Å². The first-order valence-corrected chi connectivity index (χ1v) is 8.84. The smallest absolute Gasteiger partial charge is 0.323 e. The molecule has 2 amide bonds. The number of likely N-dealkylation sites (tertiary alicyclic amines) is 1. The summed E-state index contributed by atoms with van der Waals surface area (Å²) in [6.07, 6.45) is 4.39. The lowest BCUT2D eigenvalue weighted by molar-refractivity contribution is -0.0712. The van der Waals surface area contributed by atoms with Crippen molar-refractivity contribution in [1.29, 1.82) is 0 Å². The monoisotopic (exact) mass is 324 g/mol. The highest BCUT2D eigenvalue weighted by Crippen LogP contribution is 2.22. The number of morpholine rings is 1. The molecule has 0 spiro atoms. The molecule has 2 aliphatic heterocycles. The summed E-state index contributed by atoms with van der Waals surface area (Å²) in [5, 5.41) is 5.44. The molecule has 1 aromatic rings. The maximum atomic E-state index is 12.4. The van der Waals surface area contributed by atoms with Gasteiger partial charge in [0.25, 0.3) is 0 Å². The summed E-state index contributed by atoms with van der Waals surface area (Å²) in [4.78, 5) is 20.9. The third-order valence-electron chi connectivity index (χ3n) is 4.25. The molecule has 22 heavy (non-hydrogen) atoms. The van der Waals surface area contributed by atoms with Gasteiger partial charge in [0.1, 0.15) is 0 Å². The molecule has 1 N–H and O–H groups in total. The van der Waals surface area contributed by atoms with Gasteiger partial charge in [0.05, 0.1) is 12.2 Å². The molecule has 0 bridgehead atoms. The molecule has 1 aromatic heterocycles. The Balaban J connectivity index is 1.57. The summed E-state index contributed by atoms with van der Waals surface area (Å²) in [5.74, 6) is 0. The van der Waals surface area contributed by atoms with Crippen molar-refractivity contribution in [2.75, 3.05) is 31.5 Å². The predicted octanol–water partition coefficient (Wildman–Crippen LogP) is 2.25. The highest BCUT2D eigenvalue weighted by Gasteiger charge is 2.32. The minimum atomic E-state index is -0.0215. The van der Waals surface area contributed by atoms with Crippen molar-refractivity contribution < 1.29 is 9.53 Å². The second-order valence-electron chi connectivity index (χ2n) is 6.23. The zero-order valence-electron chi connectivity index (χ0n) is 13.2. The number of hydrogen-bond acceptors (Lipinski definition) is 5. The predicted molar refractivity (Wildman–Crippen MR) is 87.3 cm³/mol. The van der Waals surface area contributed by atoms with Crippen LogP contribution in [0.1, 0.15) is 26.7 Å². The Morgan fingerprint density at radius 1 is 1.45 bits per heavy atom. The Morgan fingerprint density at radius 3 is 2.91 bits per heavy atom. The van der Waals surface area contributed by atoms with Crippen molar-refractivity contribution in [3.8, 4) is 0 Å². The number of thiazole rings is 1. The molecule has 0 aliphatic carbocycles. The summed E-state index contributed by atoms with van der Waals surface area (Å²) in [7, 11) is 0. The number of aromatic nitrogens is 1. The van der Waals surface area contributed by atoms with Crippen LogP contribution >= 0.6 is 11.3 Å². The molecule has 2 fully saturated rings. The topological polar surface area (TPSA) is 57.7 Å². The van der Waals surface area contributed by atoms with Gasteiger partial charge in [0, 0.05) is 43.8 Å². The highest BCUT2D eigenvalue weighted by molar-refractivity contribution is 7.13. The third kappa shape index (κ3) is 3.77. The van der Waals surface area contributed by atoms with Crippen LogP contribution in [0.25, 0.3) is 0 Å². The highest BCUT2D eigenvalue weighted by atomic mass is 32.1. The zero-order valence-corrected chi connectivity index (χ0v) is 14.0. The van der Waals surface area contributed by atoms with E-state index in [4.69, 9.17) is 4.74 Å². The normalized spacial score (nSPS) is 29.7. The van der Waals surface area contributed by atoms with Crippen LogP contribution in [0.15, 0.2) is 11.6 Å². The molecule has 3 heterocycles. The molecule has 122 valence electrons. The van der Waals surface area contributed by atoms with E-state index in [9.17, 15) is 4.79 Å². The number of carbonyl (C=O) groups excluding carboxylic acids is 1. The van der Waals surface area contributed by atoms with Crippen LogP contribution in [0.2, 0.25) is 0 Å². The maximum absolute atomic E-state index is 12.4. The van der Waals surface area contributed by atoms with Crippen LogP contribution < -0.4 is 5.32 Å². The van der Waals surface area contributed by atoms with Crippen LogP contribution in [-0.2, 0) is 4.74 Å². The van der Waals surface area contributed by atoms with Crippen molar-refractivity contribution in [3.05, 3.63) is 11.6 Å². The second-order valence-corrected chi connectivity index (χ2v) is 7.13. The SMILES string of the molecule is C[C@@H]1CN(C[C@@H]2CCCN2C(=O)Nc2nccs2)C[C@H](C)O1. The van der Waals surface area contributed by atoms with Gasteiger partial charge >= 0.3 is 6.03 Å². The number of carbonyl (C=O) groups is 1. The van der Waals surface area contributed by atoms with E-state index in [0.717, 1.165) is 39.0 Å². The van der Waals surface area contributed by atoms with Crippen LogP contribution in [0.5, 0.6) is 0 Å². The second kappa shape index (κ2) is 6.93. The quantitative estimate of drug-likeness (QED) is 0.926. The van der Waals surface area contributed by atoms with Crippen LogP contribution in [0, 0.1) is 0 Å². The average Bonchev–Trinajstić information content (AvgIpc) is 3.08. The van der Waals surface area contributed by atoms with Crippen LogP contribution in [-0.4, -0.2) is 65.2 Å². The summed E-state index contributed by atoms with van der Waals surface area (Å²) in [6.45, 7) is 7.89. The molecule has 0 unspecified atom stereocenters. The number of nitrogens with zero attached hydrogens (tertiary/aromatic N) is 3. The van der Waals surface area contributed by atoms with Gasteiger partial charge in [-0.05, 0) is 26.7 Å². The van der Waals surface area contributed by atoms with Crippen LogP contribution in [0.4, 0.5) is 9.93 Å². The Labute approximate surface area is 135 Å². The van der Waals surface area contributed by atoms with Gasteiger partial charge in [-0.1, -0.05) is 0 Å². The molecule has 3 atom stereocenters. The molecule has 0 saturated carbocycles. The number of nitrogens with one attached hydrogen (secondary N) is 1. The zero-order chi connectivity index (χ0) is 15.5. The Hall–Kier alpha value is -1.18. The Morgan fingerprint density at radius 2 is 2.23 bits per heavy atom. The van der Waals surface area contributed by atoms with Gasteiger partial charge in [-0.2, -0.15) is 0 Å². The number of ether oxygens (including phenoxy) is 1. The van der Waals surface area contributed by atoms with E-state index in [-0.39, 0.29) is 24.3 Å². The summed E-state index contributed by atoms with van der Waals surface area (Å²) >= 11 is 1.45. The maximum Gasteiger partial charge on any atom is 0.323 e. The first-order valence-electron chi connectivity index (χ1n) is 7.96. The molecule has 0 aromatic carbocycles. The fourth-order valence-electron chi connectivity index (χ4n) is 3.47. The minimum Gasteiger partial charge on any atom is -0.373 e. The molecular formula is C15H24N4O2S. The number of amides is 2. The molecule has 0 radical (unpaired) electrons. The van der Waals surface area contributed by atoms with E-state index >= 15 is 0 Å². The van der Waals surface area contributed by atoms with Gasteiger partial charge < -0.3 is 9.64 Å². The largest absolute Gasteiger partial charge is 0.373 e. The molecule has 7 heteroatoms. The van der Waals surface area contributed by atoms with Crippen molar-refractivity contribution in [2.24, 2.45) is 0 Å². The van der Waals surface area contributed by atoms with E-state index in [1.54, 1.807) is 6.20 Å². The lowest BCUT2D eigenvalue weighted by Gasteiger charge is -2.38. The minimum absolute atomic E-state index is 0.0215. The van der Waals surface area contributed by atoms with Gasteiger partial charge in [0.2, 0.25) is 0 Å². The van der Waals surface area contributed by atoms with Gasteiger partial charge in [-0.25, -0.2) is 9.78 Å². The first kappa shape index (κ1) is 15.7. The van der Waals surface area contributed by atoms with Crippen LogP contribution in [0.3, 0.4) is 0 Å². The summed E-state index contributed by atoms with van der Waals surface area (Å²) in [6, 6.07) is 0.268. The molecular weight excluding hydrogens is 300 g/mol. The molecule has 2 aliphatic rings. The fraction of sp³-hybridized carbons (Fsp3) is 0.733. The number of urea groups is 1. The van der Waals surface area contributed by atoms with E-state index in [2.05, 4.69) is 29.0 Å². The number of anilines is 1. The number of hydrogen-bond donors (Lipinski definition) is 1. The van der Waals surface area contributed by atoms with Crippen molar-refractivity contribution in [3.63, 3.8) is 0 Å². The van der Waals surface area contributed by atoms with Gasteiger partial charge in [0.15, 0.2) is 5.13 Å². The lowest BCUT2D eigenvalue weighted by atomic mass is 10.1. The van der Waals surface area contributed by atoms with Crippen molar-refractivity contribution >= 4 is 22.5 Å². The van der Waals surface area contributed by atoms with Crippen molar-refractivity contribution in [1.82, 2.24) is 14.8 Å². The fourth-order valence-corrected chi connectivity index (χ4v) is 3.99. The average molecular weight is 324 g/mol. The van der Waals surface area contributed by atoms with E-state index in [1.807, 2.05) is 10.3 Å². The molecule has 2 saturated heterocycles. The first-order chi connectivity index (χ1) is 10.6.